The molecule has 2 rings (SSSR count). The molecule has 0 radical (unpaired) electrons. The van der Waals surface area contributed by atoms with Gasteiger partial charge in [-0.25, -0.2) is 0 Å². The highest BCUT2D eigenvalue weighted by Gasteiger charge is 2.23. The van der Waals surface area contributed by atoms with E-state index in [4.69, 9.17) is 29.1 Å². The van der Waals surface area contributed by atoms with Crippen LogP contribution in [0.25, 0.3) is 0 Å². The van der Waals surface area contributed by atoms with Crippen LogP contribution in [0.4, 0.5) is 11.4 Å². The van der Waals surface area contributed by atoms with Crippen molar-refractivity contribution in [2.75, 3.05) is 9.56 Å². The van der Waals surface area contributed by atoms with Gasteiger partial charge in [0.25, 0.3) is 10.0 Å². The molecule has 0 saturated heterocycles. The SMILES string of the molecule is Nc1cc(S(=O)(=O)N(Cl)c2ccccc2)ccc1Cl. The Labute approximate surface area is 121 Å². The van der Waals surface area contributed by atoms with E-state index in [0.717, 1.165) is 0 Å². The van der Waals surface area contributed by atoms with Crippen LogP contribution < -0.4 is 9.56 Å². The molecule has 0 heterocycles. The molecule has 0 bridgehead atoms. The third-order valence-corrected chi connectivity index (χ3v) is 5.00. The molecule has 0 saturated carbocycles. The lowest BCUT2D eigenvalue weighted by atomic mass is 10.3. The van der Waals surface area contributed by atoms with Gasteiger partial charge in [-0.15, -0.1) is 0 Å². The molecular weight excluding hydrogens is 307 g/mol. The van der Waals surface area contributed by atoms with Gasteiger partial charge in [0.2, 0.25) is 0 Å². The summed E-state index contributed by atoms with van der Waals surface area (Å²) in [7, 11) is -3.87. The minimum Gasteiger partial charge on any atom is -0.397 e. The van der Waals surface area contributed by atoms with E-state index >= 15 is 0 Å². The first-order valence-corrected chi connectivity index (χ1v) is 7.40. The molecule has 2 N–H and O–H groups in total. The normalized spacial score (nSPS) is 11.3. The van der Waals surface area contributed by atoms with Crippen molar-refractivity contribution in [2.45, 2.75) is 4.90 Å². The summed E-state index contributed by atoms with van der Waals surface area (Å²) < 4.78 is 25.3. The summed E-state index contributed by atoms with van der Waals surface area (Å²) in [6, 6.07) is 12.4. The average Bonchev–Trinajstić information content (AvgIpc) is 2.41. The Morgan fingerprint density at radius 2 is 1.68 bits per heavy atom. The van der Waals surface area contributed by atoms with Crippen molar-refractivity contribution in [1.29, 1.82) is 0 Å². The summed E-state index contributed by atoms with van der Waals surface area (Å²) >= 11 is 11.7. The molecular formula is C12H10Cl2N2O2S. The summed E-state index contributed by atoms with van der Waals surface area (Å²) in [5.41, 5.74) is 6.12. The van der Waals surface area contributed by atoms with Crippen LogP contribution >= 0.6 is 23.4 Å². The van der Waals surface area contributed by atoms with Crippen LogP contribution in [0.15, 0.2) is 53.4 Å². The topological polar surface area (TPSA) is 63.4 Å². The fraction of sp³-hybridized carbons (Fsp3) is 0. The Bertz CT molecular complexity index is 690. The molecule has 0 aromatic heterocycles. The lowest BCUT2D eigenvalue weighted by molar-refractivity contribution is 0.598. The Morgan fingerprint density at radius 3 is 2.26 bits per heavy atom. The number of para-hydroxylation sites is 1. The van der Waals surface area contributed by atoms with Gasteiger partial charge < -0.3 is 5.73 Å². The van der Waals surface area contributed by atoms with Gasteiger partial charge >= 0.3 is 0 Å². The third kappa shape index (κ3) is 2.78. The highest BCUT2D eigenvalue weighted by Crippen LogP contribution is 2.28. The maximum atomic E-state index is 12.3. The summed E-state index contributed by atoms with van der Waals surface area (Å²) in [6.07, 6.45) is 0. The number of sulfonamides is 1. The van der Waals surface area contributed by atoms with Crippen molar-refractivity contribution < 1.29 is 8.42 Å². The molecule has 0 aliphatic rings. The van der Waals surface area contributed by atoms with Gasteiger partial charge in [0, 0.05) is 11.8 Å². The fourth-order valence-electron chi connectivity index (χ4n) is 1.46. The molecule has 0 aliphatic carbocycles. The first kappa shape index (κ1) is 14.0. The van der Waals surface area contributed by atoms with Crippen molar-refractivity contribution in [2.24, 2.45) is 0 Å². The zero-order valence-corrected chi connectivity index (χ0v) is 12.0. The van der Waals surface area contributed by atoms with Crippen molar-refractivity contribution in [3.63, 3.8) is 0 Å². The quantitative estimate of drug-likeness (QED) is 0.698. The minimum atomic E-state index is -3.87. The maximum Gasteiger partial charge on any atom is 0.278 e. The summed E-state index contributed by atoms with van der Waals surface area (Å²) in [6.45, 7) is 0. The van der Waals surface area contributed by atoms with E-state index in [1.807, 2.05) is 0 Å². The maximum absolute atomic E-state index is 12.3. The molecule has 0 unspecified atom stereocenters. The predicted molar refractivity (Wildman–Crippen MR) is 77.8 cm³/mol. The molecule has 100 valence electrons. The smallest absolute Gasteiger partial charge is 0.278 e. The molecule has 19 heavy (non-hydrogen) atoms. The largest absolute Gasteiger partial charge is 0.397 e. The third-order valence-electron chi connectivity index (χ3n) is 2.44. The molecule has 0 spiro atoms. The molecule has 0 aliphatic heterocycles. The van der Waals surface area contributed by atoms with E-state index in [2.05, 4.69) is 0 Å². The molecule has 7 heteroatoms. The van der Waals surface area contributed by atoms with E-state index in [1.165, 1.54) is 18.2 Å². The first-order chi connectivity index (χ1) is 8.93. The van der Waals surface area contributed by atoms with Crippen LogP contribution in [-0.4, -0.2) is 8.42 Å². The number of hydrogen-bond acceptors (Lipinski definition) is 3. The number of nitrogen functional groups attached to an aromatic ring is 1. The van der Waals surface area contributed by atoms with E-state index in [1.54, 1.807) is 30.3 Å². The number of hydrogen-bond donors (Lipinski definition) is 1. The van der Waals surface area contributed by atoms with E-state index in [9.17, 15) is 8.42 Å². The van der Waals surface area contributed by atoms with E-state index in [0.29, 0.717) is 14.5 Å². The average molecular weight is 317 g/mol. The molecule has 0 atom stereocenters. The van der Waals surface area contributed by atoms with Crippen LogP contribution in [0.1, 0.15) is 0 Å². The summed E-state index contributed by atoms with van der Waals surface area (Å²) in [4.78, 5) is -0.0201. The Morgan fingerprint density at radius 1 is 1.05 bits per heavy atom. The Kier molecular flexibility index (Phi) is 3.89. The molecule has 2 aromatic carbocycles. The van der Waals surface area contributed by atoms with Crippen molar-refractivity contribution in [3.8, 4) is 0 Å². The first-order valence-electron chi connectivity index (χ1n) is 5.24. The van der Waals surface area contributed by atoms with Gasteiger partial charge in [0.05, 0.1) is 21.3 Å². The number of nitrogens with two attached hydrogens (primary N) is 1. The van der Waals surface area contributed by atoms with Gasteiger partial charge in [0.15, 0.2) is 0 Å². The zero-order chi connectivity index (χ0) is 14.0. The van der Waals surface area contributed by atoms with Gasteiger partial charge in [0.1, 0.15) is 0 Å². The van der Waals surface area contributed by atoms with Crippen LogP contribution in [-0.2, 0) is 10.0 Å². The fourth-order valence-corrected chi connectivity index (χ4v) is 3.03. The summed E-state index contributed by atoms with van der Waals surface area (Å²) in [5.74, 6) is 0. The van der Waals surface area contributed by atoms with Crippen molar-refractivity contribution in [3.05, 3.63) is 53.6 Å². The monoisotopic (exact) mass is 316 g/mol. The molecule has 0 fully saturated rings. The molecule has 2 aromatic rings. The van der Waals surface area contributed by atoms with Gasteiger partial charge in [-0.1, -0.05) is 29.8 Å². The number of rotatable bonds is 3. The number of anilines is 2. The minimum absolute atomic E-state index is 0.0201. The van der Waals surface area contributed by atoms with Crippen molar-refractivity contribution in [1.82, 2.24) is 0 Å². The number of halogens is 2. The standard InChI is InChI=1S/C12H10Cl2N2O2S/c13-11-7-6-10(8-12(11)15)19(17,18)16(14)9-4-2-1-3-5-9/h1-8H,15H2. The Balaban J connectivity index is 2.45. The van der Waals surface area contributed by atoms with Crippen LogP contribution in [0.3, 0.4) is 0 Å². The second-order valence-electron chi connectivity index (χ2n) is 3.74. The highest BCUT2D eigenvalue weighted by molar-refractivity contribution is 7.94. The number of benzene rings is 2. The Hall–Kier alpha value is -1.43. The second-order valence-corrected chi connectivity index (χ2v) is 6.47. The molecule has 4 nitrogen and oxygen atoms in total. The van der Waals surface area contributed by atoms with Crippen LogP contribution in [0, 0.1) is 0 Å². The second kappa shape index (κ2) is 5.28. The van der Waals surface area contributed by atoms with Crippen LogP contribution in [0.5, 0.6) is 0 Å². The lowest BCUT2D eigenvalue weighted by Gasteiger charge is -2.16. The molecule has 0 amide bonds. The van der Waals surface area contributed by atoms with E-state index in [-0.39, 0.29) is 10.6 Å². The predicted octanol–water partition coefficient (Wildman–Crippen LogP) is 3.27. The highest BCUT2D eigenvalue weighted by atomic mass is 35.5. The lowest BCUT2D eigenvalue weighted by Crippen LogP contribution is -2.21. The van der Waals surface area contributed by atoms with Gasteiger partial charge in [-0.2, -0.15) is 12.2 Å². The van der Waals surface area contributed by atoms with Gasteiger partial charge in [-0.05, 0) is 30.3 Å². The zero-order valence-electron chi connectivity index (χ0n) is 9.62. The van der Waals surface area contributed by atoms with Crippen molar-refractivity contribution >= 4 is 44.8 Å². The van der Waals surface area contributed by atoms with Gasteiger partial charge in [-0.3, -0.25) is 0 Å². The van der Waals surface area contributed by atoms with E-state index < -0.39 is 10.0 Å². The number of nitrogens with zero attached hydrogens (tertiary/aromatic N) is 1. The van der Waals surface area contributed by atoms with Crippen LogP contribution in [0.2, 0.25) is 5.02 Å². The summed E-state index contributed by atoms with van der Waals surface area (Å²) in [5, 5.41) is 0.291.